The number of carbonyl (C=O) groups excluding carboxylic acids is 1. The van der Waals surface area contributed by atoms with Crippen LogP contribution in [0.15, 0.2) is 48.5 Å². The number of piperidine rings is 1. The van der Waals surface area contributed by atoms with Crippen LogP contribution in [0.2, 0.25) is 0 Å². The van der Waals surface area contributed by atoms with Gasteiger partial charge in [-0.1, -0.05) is 12.1 Å². The van der Waals surface area contributed by atoms with Gasteiger partial charge >= 0.3 is 0 Å². The van der Waals surface area contributed by atoms with E-state index in [-0.39, 0.29) is 17.6 Å². The van der Waals surface area contributed by atoms with Crippen LogP contribution in [0.3, 0.4) is 0 Å². The smallest absolute Gasteiger partial charge is 0.225 e. The molecule has 1 aliphatic rings. The molecule has 3 heterocycles. The van der Waals surface area contributed by atoms with Gasteiger partial charge in [-0.15, -0.1) is 5.10 Å². The fourth-order valence-electron chi connectivity index (χ4n) is 4.82. The number of carbonyl (C=O) groups is 1. The van der Waals surface area contributed by atoms with Crippen molar-refractivity contribution in [3.8, 4) is 11.4 Å². The SMILES string of the molecule is COc1ccc(-n2nc3c(N4CCCC(C(=O)NCc5ccc(F)cc5)C4)nnc(C)c3c2C)cc1. The number of nitrogens with one attached hydrogen (secondary N) is 1. The summed E-state index contributed by atoms with van der Waals surface area (Å²) in [5.41, 5.74) is 4.36. The molecule has 36 heavy (non-hydrogen) atoms. The van der Waals surface area contributed by atoms with Crippen molar-refractivity contribution < 1.29 is 13.9 Å². The molecule has 8 nitrogen and oxygen atoms in total. The minimum atomic E-state index is -0.289. The van der Waals surface area contributed by atoms with Crippen LogP contribution in [0.25, 0.3) is 16.6 Å². The van der Waals surface area contributed by atoms with E-state index < -0.39 is 0 Å². The third kappa shape index (κ3) is 4.60. The first-order valence-corrected chi connectivity index (χ1v) is 12.1. The Bertz CT molecular complexity index is 1380. The lowest BCUT2D eigenvalue weighted by Gasteiger charge is -2.32. The first kappa shape index (κ1) is 23.7. The number of benzene rings is 2. The maximum atomic E-state index is 13.2. The lowest BCUT2D eigenvalue weighted by atomic mass is 9.97. The molecule has 9 heteroatoms. The molecule has 4 aromatic rings. The summed E-state index contributed by atoms with van der Waals surface area (Å²) in [7, 11) is 1.64. The van der Waals surface area contributed by atoms with Crippen LogP contribution in [-0.4, -0.2) is 46.1 Å². The van der Waals surface area contributed by atoms with Crippen molar-refractivity contribution in [1.29, 1.82) is 0 Å². The van der Waals surface area contributed by atoms with Crippen LogP contribution in [0.5, 0.6) is 5.75 Å². The average molecular weight is 489 g/mol. The fourth-order valence-corrected chi connectivity index (χ4v) is 4.82. The number of fused-ring (bicyclic) bond motifs is 1. The number of ether oxygens (including phenoxy) is 1. The maximum absolute atomic E-state index is 13.2. The van der Waals surface area contributed by atoms with Crippen LogP contribution in [0.4, 0.5) is 10.2 Å². The van der Waals surface area contributed by atoms with Gasteiger partial charge in [0.1, 0.15) is 17.1 Å². The van der Waals surface area contributed by atoms with Crippen molar-refractivity contribution in [3.05, 3.63) is 71.3 Å². The number of aromatic nitrogens is 4. The number of aryl methyl sites for hydroxylation is 2. The lowest BCUT2D eigenvalue weighted by Crippen LogP contribution is -2.43. The monoisotopic (exact) mass is 488 g/mol. The van der Waals surface area contributed by atoms with Gasteiger partial charge < -0.3 is 15.0 Å². The highest BCUT2D eigenvalue weighted by Crippen LogP contribution is 2.32. The highest BCUT2D eigenvalue weighted by atomic mass is 19.1. The summed E-state index contributed by atoms with van der Waals surface area (Å²) < 4.78 is 20.3. The van der Waals surface area contributed by atoms with Gasteiger partial charge in [0.15, 0.2) is 5.82 Å². The third-order valence-electron chi connectivity index (χ3n) is 6.77. The van der Waals surface area contributed by atoms with Gasteiger partial charge in [-0.2, -0.15) is 10.2 Å². The summed E-state index contributed by atoms with van der Waals surface area (Å²) in [4.78, 5) is 15.1. The molecule has 1 aliphatic heterocycles. The molecule has 2 aromatic heterocycles. The second-order valence-electron chi connectivity index (χ2n) is 9.16. The van der Waals surface area contributed by atoms with Crippen molar-refractivity contribution >= 4 is 22.6 Å². The number of rotatable bonds is 6. The van der Waals surface area contributed by atoms with Gasteiger partial charge in [-0.25, -0.2) is 9.07 Å². The van der Waals surface area contributed by atoms with Crippen molar-refractivity contribution in [2.45, 2.75) is 33.2 Å². The summed E-state index contributed by atoms with van der Waals surface area (Å²) in [5, 5.41) is 17.8. The molecule has 5 rings (SSSR count). The van der Waals surface area contributed by atoms with E-state index in [0.29, 0.717) is 18.9 Å². The van der Waals surface area contributed by atoms with Crippen LogP contribution < -0.4 is 15.0 Å². The predicted octanol–water partition coefficient (Wildman–Crippen LogP) is 4.11. The molecule has 1 fully saturated rings. The topological polar surface area (TPSA) is 85.2 Å². The summed E-state index contributed by atoms with van der Waals surface area (Å²) in [6.45, 7) is 5.66. The van der Waals surface area contributed by atoms with E-state index in [1.165, 1.54) is 12.1 Å². The molecule has 0 bridgehead atoms. The fraction of sp³-hybridized carbons (Fsp3) is 0.333. The first-order chi connectivity index (χ1) is 17.4. The van der Waals surface area contributed by atoms with Gasteiger partial charge in [0, 0.05) is 19.6 Å². The van der Waals surface area contributed by atoms with E-state index in [1.807, 2.05) is 42.8 Å². The predicted molar refractivity (Wildman–Crippen MR) is 136 cm³/mol. The van der Waals surface area contributed by atoms with Gasteiger partial charge in [-0.3, -0.25) is 4.79 Å². The van der Waals surface area contributed by atoms with E-state index in [2.05, 4.69) is 20.4 Å². The molecule has 0 spiro atoms. The molecule has 1 amide bonds. The number of halogens is 1. The first-order valence-electron chi connectivity index (χ1n) is 12.1. The lowest BCUT2D eigenvalue weighted by molar-refractivity contribution is -0.125. The van der Waals surface area contributed by atoms with E-state index >= 15 is 0 Å². The zero-order chi connectivity index (χ0) is 25.2. The maximum Gasteiger partial charge on any atom is 0.225 e. The standard InChI is InChI=1S/C27H29FN6O2/c1-17-24-18(2)34(22-10-12-23(36-3)13-11-22)32-25(24)26(31-30-17)33-14-4-5-20(16-33)27(35)29-15-19-6-8-21(28)9-7-19/h6-13,20H,4-5,14-16H2,1-3H3,(H,29,35). The zero-order valence-corrected chi connectivity index (χ0v) is 20.7. The van der Waals surface area contributed by atoms with Crippen molar-refractivity contribution in [3.63, 3.8) is 0 Å². The molecule has 2 aromatic carbocycles. The molecule has 1 N–H and O–H groups in total. The van der Waals surface area contributed by atoms with E-state index in [0.717, 1.165) is 58.7 Å². The van der Waals surface area contributed by atoms with Gasteiger partial charge in [0.25, 0.3) is 0 Å². The molecule has 0 aliphatic carbocycles. The van der Waals surface area contributed by atoms with Crippen LogP contribution in [0, 0.1) is 25.6 Å². The normalized spacial score (nSPS) is 15.8. The quantitative estimate of drug-likeness (QED) is 0.440. The Morgan fingerprint density at radius 3 is 2.58 bits per heavy atom. The number of hydrogen-bond acceptors (Lipinski definition) is 6. The van der Waals surface area contributed by atoms with E-state index in [1.54, 1.807) is 19.2 Å². The Morgan fingerprint density at radius 2 is 1.86 bits per heavy atom. The van der Waals surface area contributed by atoms with Crippen LogP contribution >= 0.6 is 0 Å². The molecule has 0 radical (unpaired) electrons. The number of methoxy groups -OCH3 is 1. The Morgan fingerprint density at radius 1 is 1.11 bits per heavy atom. The number of anilines is 1. The minimum Gasteiger partial charge on any atom is -0.497 e. The summed E-state index contributed by atoms with van der Waals surface area (Å²) in [6.07, 6.45) is 1.66. The molecule has 1 atom stereocenters. The van der Waals surface area contributed by atoms with Gasteiger partial charge in [-0.05, 0) is 68.7 Å². The largest absolute Gasteiger partial charge is 0.497 e. The van der Waals surface area contributed by atoms with Gasteiger partial charge in [0.2, 0.25) is 5.91 Å². The summed E-state index contributed by atoms with van der Waals surface area (Å²) >= 11 is 0. The number of hydrogen-bond donors (Lipinski definition) is 1. The minimum absolute atomic E-state index is 0.0136. The second kappa shape index (κ2) is 9.93. The number of nitrogens with zero attached hydrogens (tertiary/aromatic N) is 5. The van der Waals surface area contributed by atoms with Crippen LogP contribution in [0.1, 0.15) is 29.8 Å². The highest BCUT2D eigenvalue weighted by Gasteiger charge is 2.29. The third-order valence-corrected chi connectivity index (χ3v) is 6.77. The molecular formula is C27H29FN6O2. The molecule has 1 saturated heterocycles. The Hall–Kier alpha value is -4.01. The molecule has 186 valence electrons. The highest BCUT2D eigenvalue weighted by molar-refractivity contribution is 5.92. The van der Waals surface area contributed by atoms with E-state index in [4.69, 9.17) is 9.84 Å². The Labute approximate surface area is 209 Å². The van der Waals surface area contributed by atoms with E-state index in [9.17, 15) is 9.18 Å². The zero-order valence-electron chi connectivity index (χ0n) is 20.7. The second-order valence-corrected chi connectivity index (χ2v) is 9.16. The van der Waals surface area contributed by atoms with Crippen LogP contribution in [-0.2, 0) is 11.3 Å². The molecule has 0 saturated carbocycles. The summed E-state index contributed by atoms with van der Waals surface area (Å²) in [6, 6.07) is 13.9. The van der Waals surface area contributed by atoms with Crippen molar-refractivity contribution in [2.24, 2.45) is 5.92 Å². The molecular weight excluding hydrogens is 459 g/mol. The summed E-state index contributed by atoms with van der Waals surface area (Å²) in [5.74, 6) is 0.998. The average Bonchev–Trinajstić information content (AvgIpc) is 3.26. The van der Waals surface area contributed by atoms with Crippen molar-refractivity contribution in [1.82, 2.24) is 25.3 Å². The Kier molecular flexibility index (Phi) is 6.54. The van der Waals surface area contributed by atoms with Crippen molar-refractivity contribution in [2.75, 3.05) is 25.1 Å². The Balaban J connectivity index is 1.38. The molecule has 1 unspecified atom stereocenters. The number of amides is 1. The van der Waals surface area contributed by atoms with Gasteiger partial charge in [0.05, 0.1) is 35.5 Å².